The minimum atomic E-state index is -0.432. The number of hydrogen-bond acceptors (Lipinski definition) is 8. The molecule has 1 saturated heterocycles. The van der Waals surface area contributed by atoms with Crippen molar-refractivity contribution in [3.05, 3.63) is 34.9 Å². The Morgan fingerprint density at radius 2 is 1.93 bits per heavy atom. The molecule has 3 rings (SSSR count). The van der Waals surface area contributed by atoms with Crippen LogP contribution in [0.2, 0.25) is 0 Å². The van der Waals surface area contributed by atoms with Crippen LogP contribution in [0.4, 0.5) is 5.69 Å². The summed E-state index contributed by atoms with van der Waals surface area (Å²) in [7, 11) is 1.32. The van der Waals surface area contributed by atoms with Crippen molar-refractivity contribution in [2.24, 2.45) is 5.73 Å². The molecule has 0 radical (unpaired) electrons. The Kier molecular flexibility index (Phi) is 6.25. The lowest BCUT2D eigenvalue weighted by Crippen LogP contribution is -2.52. The van der Waals surface area contributed by atoms with Crippen LogP contribution in [0.15, 0.2) is 34.9 Å². The number of carbonyl (C=O) groups excluding carboxylic acids is 2. The minimum absolute atomic E-state index is 0.0172. The maximum atomic E-state index is 11.9. The molecule has 0 spiro atoms. The predicted octanol–water partition coefficient (Wildman–Crippen LogP) is 0.697. The van der Waals surface area contributed by atoms with Gasteiger partial charge in [-0.2, -0.15) is 0 Å². The molecule has 0 aliphatic carbocycles. The summed E-state index contributed by atoms with van der Waals surface area (Å²) in [6, 6.07) is 7.42. The van der Waals surface area contributed by atoms with Crippen molar-refractivity contribution < 1.29 is 19.1 Å². The number of methoxy groups -OCH3 is 1. The number of nitrogens with two attached hydrogens (primary N) is 1. The summed E-state index contributed by atoms with van der Waals surface area (Å²) in [5.41, 5.74) is 7.35. The summed E-state index contributed by atoms with van der Waals surface area (Å²) in [5, 5.41) is 3.34. The number of nitrogens with zero attached hydrogens (tertiary/aromatic N) is 2. The van der Waals surface area contributed by atoms with Gasteiger partial charge in [0.1, 0.15) is 11.2 Å². The first-order chi connectivity index (χ1) is 13.0. The SMILES string of the molecule is COC(=O)COc1ccc(N2C(C)=C(C(N)=O)SC2N2CCNCC2)cc1. The van der Waals surface area contributed by atoms with Gasteiger partial charge >= 0.3 is 5.97 Å². The van der Waals surface area contributed by atoms with Crippen LogP contribution in [0.3, 0.4) is 0 Å². The Balaban J connectivity index is 1.81. The number of hydrogen-bond donors (Lipinski definition) is 2. The average molecular weight is 392 g/mol. The highest BCUT2D eigenvalue weighted by Crippen LogP contribution is 2.42. The highest BCUT2D eigenvalue weighted by molar-refractivity contribution is 8.04. The van der Waals surface area contributed by atoms with Crippen molar-refractivity contribution in [1.29, 1.82) is 0 Å². The van der Waals surface area contributed by atoms with E-state index in [4.69, 9.17) is 10.5 Å². The fourth-order valence-corrected chi connectivity index (χ4v) is 4.46. The maximum Gasteiger partial charge on any atom is 0.343 e. The van der Waals surface area contributed by atoms with E-state index >= 15 is 0 Å². The Morgan fingerprint density at radius 1 is 1.26 bits per heavy atom. The van der Waals surface area contributed by atoms with Gasteiger partial charge in [0, 0.05) is 37.6 Å². The van der Waals surface area contributed by atoms with Gasteiger partial charge < -0.3 is 25.4 Å². The fraction of sp³-hybridized carbons (Fsp3) is 0.444. The predicted molar refractivity (Wildman–Crippen MR) is 104 cm³/mol. The number of primary amides is 1. The smallest absolute Gasteiger partial charge is 0.343 e. The van der Waals surface area contributed by atoms with Crippen LogP contribution in [0.1, 0.15) is 6.92 Å². The third kappa shape index (κ3) is 4.37. The van der Waals surface area contributed by atoms with Crippen LogP contribution in [0, 0.1) is 0 Å². The summed E-state index contributed by atoms with van der Waals surface area (Å²) >= 11 is 1.49. The summed E-state index contributed by atoms with van der Waals surface area (Å²) in [5.74, 6) is -0.261. The van der Waals surface area contributed by atoms with E-state index in [-0.39, 0.29) is 12.1 Å². The van der Waals surface area contributed by atoms with Crippen LogP contribution >= 0.6 is 11.8 Å². The lowest BCUT2D eigenvalue weighted by Gasteiger charge is -2.38. The van der Waals surface area contributed by atoms with E-state index in [1.165, 1.54) is 18.9 Å². The molecule has 1 unspecified atom stereocenters. The van der Waals surface area contributed by atoms with Crippen LogP contribution < -0.4 is 20.7 Å². The Morgan fingerprint density at radius 3 is 2.52 bits per heavy atom. The van der Waals surface area contributed by atoms with Gasteiger partial charge in [-0.1, -0.05) is 11.8 Å². The summed E-state index contributed by atoms with van der Waals surface area (Å²) in [6.07, 6.45) is 0. The van der Waals surface area contributed by atoms with Crippen molar-refractivity contribution in [3.63, 3.8) is 0 Å². The van der Waals surface area contributed by atoms with Gasteiger partial charge in [0.05, 0.1) is 12.0 Å². The summed E-state index contributed by atoms with van der Waals surface area (Å²) in [6.45, 7) is 5.40. The van der Waals surface area contributed by atoms with Gasteiger partial charge in [-0.25, -0.2) is 4.79 Å². The van der Waals surface area contributed by atoms with Crippen molar-refractivity contribution >= 4 is 29.3 Å². The molecule has 1 amide bonds. The lowest BCUT2D eigenvalue weighted by atomic mass is 10.2. The Bertz CT molecular complexity index is 731. The monoisotopic (exact) mass is 392 g/mol. The fourth-order valence-electron chi connectivity index (χ4n) is 3.12. The van der Waals surface area contributed by atoms with Gasteiger partial charge in [-0.15, -0.1) is 0 Å². The van der Waals surface area contributed by atoms with E-state index in [0.717, 1.165) is 37.6 Å². The Hall–Kier alpha value is -2.23. The number of amides is 1. The number of rotatable bonds is 6. The molecular formula is C18H24N4O4S. The second kappa shape index (κ2) is 8.64. The highest BCUT2D eigenvalue weighted by atomic mass is 32.2. The van der Waals surface area contributed by atoms with Gasteiger partial charge in [0.2, 0.25) is 0 Å². The normalized spacial score (nSPS) is 20.7. The largest absolute Gasteiger partial charge is 0.482 e. The molecule has 3 N–H and O–H groups in total. The van der Waals surface area contributed by atoms with Gasteiger partial charge in [0.25, 0.3) is 5.91 Å². The van der Waals surface area contributed by atoms with Crippen molar-refractivity contribution in [2.45, 2.75) is 12.4 Å². The van der Waals surface area contributed by atoms with E-state index in [0.29, 0.717) is 10.7 Å². The molecule has 1 fully saturated rings. The maximum absolute atomic E-state index is 11.9. The number of carbonyl (C=O) groups is 2. The zero-order valence-corrected chi connectivity index (χ0v) is 16.3. The molecule has 1 aromatic rings. The van der Waals surface area contributed by atoms with Crippen molar-refractivity contribution in [1.82, 2.24) is 10.2 Å². The van der Waals surface area contributed by atoms with Gasteiger partial charge in [-0.3, -0.25) is 9.69 Å². The van der Waals surface area contributed by atoms with Crippen LogP contribution in [0.5, 0.6) is 5.75 Å². The topological polar surface area (TPSA) is 97.1 Å². The molecule has 27 heavy (non-hydrogen) atoms. The molecular weight excluding hydrogens is 368 g/mol. The van der Waals surface area contributed by atoms with Crippen molar-refractivity contribution in [3.8, 4) is 5.75 Å². The van der Waals surface area contributed by atoms with Crippen LogP contribution in [-0.2, 0) is 14.3 Å². The second-order valence-corrected chi connectivity index (χ2v) is 7.30. The number of piperazine rings is 1. The third-order valence-corrected chi connectivity index (χ3v) is 5.97. The third-order valence-electron chi connectivity index (χ3n) is 4.52. The lowest BCUT2D eigenvalue weighted by molar-refractivity contribution is -0.142. The molecule has 146 valence electrons. The first-order valence-corrected chi connectivity index (χ1v) is 9.60. The van der Waals surface area contributed by atoms with E-state index < -0.39 is 11.9 Å². The number of anilines is 1. The molecule has 2 aliphatic heterocycles. The highest BCUT2D eigenvalue weighted by Gasteiger charge is 2.37. The number of thioether (sulfide) groups is 1. The first-order valence-electron chi connectivity index (χ1n) is 8.72. The standard InChI is InChI=1S/C18H24N4O4S/c1-12-16(17(19)24)27-18(21-9-7-20-8-10-21)22(12)13-3-5-14(6-4-13)26-11-15(23)25-2/h3-6,18,20H,7-11H2,1-2H3,(H2,19,24). The van der Waals surface area contributed by atoms with E-state index in [1.54, 1.807) is 12.1 Å². The number of allylic oxidation sites excluding steroid dienone is 1. The second-order valence-electron chi connectivity index (χ2n) is 6.24. The van der Waals surface area contributed by atoms with Crippen LogP contribution in [0.25, 0.3) is 0 Å². The number of nitrogens with one attached hydrogen (secondary N) is 1. The molecule has 2 heterocycles. The molecule has 1 aromatic carbocycles. The zero-order chi connectivity index (χ0) is 19.4. The molecule has 2 aliphatic rings. The van der Waals surface area contributed by atoms with E-state index in [2.05, 4.69) is 19.9 Å². The average Bonchev–Trinajstić information content (AvgIpc) is 3.04. The minimum Gasteiger partial charge on any atom is -0.482 e. The van der Waals surface area contributed by atoms with E-state index in [9.17, 15) is 9.59 Å². The molecule has 0 bridgehead atoms. The van der Waals surface area contributed by atoms with E-state index in [1.807, 2.05) is 19.1 Å². The van der Waals surface area contributed by atoms with Gasteiger partial charge in [0.15, 0.2) is 6.61 Å². The van der Waals surface area contributed by atoms with Gasteiger partial charge in [-0.05, 0) is 31.2 Å². The zero-order valence-electron chi connectivity index (χ0n) is 15.4. The molecule has 1 atom stereocenters. The number of ether oxygens (including phenoxy) is 2. The molecule has 9 heteroatoms. The molecule has 8 nitrogen and oxygen atoms in total. The quantitative estimate of drug-likeness (QED) is 0.683. The summed E-state index contributed by atoms with van der Waals surface area (Å²) in [4.78, 5) is 28.1. The Labute approximate surface area is 162 Å². The van der Waals surface area contributed by atoms with Crippen LogP contribution in [-0.4, -0.2) is 62.2 Å². The molecule has 0 saturated carbocycles. The number of esters is 1. The number of benzene rings is 1. The molecule has 0 aromatic heterocycles. The van der Waals surface area contributed by atoms with Crippen molar-refractivity contribution in [2.75, 3.05) is 44.8 Å². The summed E-state index contributed by atoms with van der Waals surface area (Å²) < 4.78 is 9.97. The first kappa shape index (κ1) is 19.5.